The van der Waals surface area contributed by atoms with Crippen molar-refractivity contribution in [2.75, 3.05) is 0 Å². The summed E-state index contributed by atoms with van der Waals surface area (Å²) in [6.07, 6.45) is 0. The van der Waals surface area contributed by atoms with E-state index in [2.05, 4.69) is 50.6 Å². The van der Waals surface area contributed by atoms with Gasteiger partial charge in [0, 0.05) is 0 Å². The Morgan fingerprint density at radius 2 is 2.00 bits per heavy atom. The zero-order valence-corrected chi connectivity index (χ0v) is 11.9. The van der Waals surface area contributed by atoms with Crippen LogP contribution in [0.25, 0.3) is 0 Å². The molecular weight excluding hydrogens is 208 g/mol. The van der Waals surface area contributed by atoms with Crippen LogP contribution in [-0.4, -0.2) is 16.9 Å². The van der Waals surface area contributed by atoms with E-state index in [1.54, 1.807) is 9.00 Å². The first-order valence-electron chi connectivity index (χ1n) is 4.71. The van der Waals surface area contributed by atoms with E-state index >= 15 is 0 Å². The van der Waals surface area contributed by atoms with E-state index in [-0.39, 0.29) is 0 Å². The Hall–Kier alpha value is -0.126. The lowest BCUT2D eigenvalue weighted by Crippen LogP contribution is -2.37. The van der Waals surface area contributed by atoms with Gasteiger partial charge >= 0.3 is 0 Å². The van der Waals surface area contributed by atoms with Gasteiger partial charge in [0.1, 0.15) is 8.07 Å². The third-order valence-corrected chi connectivity index (χ3v) is 10.5. The predicted octanol–water partition coefficient (Wildman–Crippen LogP) is 2.08. The van der Waals surface area contributed by atoms with Gasteiger partial charge in [0.15, 0.2) is 0 Å². The lowest BCUT2D eigenvalue weighted by molar-refractivity contribution is 1.86. The Morgan fingerprint density at radius 1 is 1.38 bits per heavy atom. The summed E-state index contributed by atoms with van der Waals surface area (Å²) >= 11 is 2.02. The van der Waals surface area contributed by atoms with Crippen LogP contribution in [0.15, 0.2) is 24.4 Å². The molecule has 1 rings (SSSR count). The summed E-state index contributed by atoms with van der Waals surface area (Å²) in [6, 6.07) is 4.65. The molecule has 0 amide bonds. The molecule has 0 aliphatic carbocycles. The van der Waals surface area contributed by atoms with Gasteiger partial charge in [-0.05, 0) is 9.00 Å². The first-order chi connectivity index (χ1) is 5.97. The zero-order chi connectivity index (χ0) is 10.1. The first kappa shape index (κ1) is 11.0. The van der Waals surface area contributed by atoms with Crippen LogP contribution in [-0.2, 0) is 0 Å². The molecule has 3 heteroatoms. The molecule has 0 spiro atoms. The molecule has 1 heterocycles. The maximum absolute atomic E-state index is 3.94. The summed E-state index contributed by atoms with van der Waals surface area (Å²) in [7, 11) is -1.86. The van der Waals surface area contributed by atoms with Crippen molar-refractivity contribution in [3.63, 3.8) is 0 Å². The van der Waals surface area contributed by atoms with Crippen molar-refractivity contribution in [3.8, 4) is 0 Å². The number of hydrogen-bond acceptors (Lipinski definition) is 1. The third kappa shape index (κ3) is 2.42. The molecular formula is C10H18SSi2. The van der Waals surface area contributed by atoms with E-state index in [9.17, 15) is 0 Å². The second-order valence-electron chi connectivity index (χ2n) is 4.28. The second-order valence-corrected chi connectivity index (χ2v) is 13.5. The van der Waals surface area contributed by atoms with Crippen LogP contribution in [0.4, 0.5) is 0 Å². The van der Waals surface area contributed by atoms with Crippen LogP contribution in [0.5, 0.6) is 0 Å². The summed E-state index contributed by atoms with van der Waals surface area (Å²) < 4.78 is 3.22. The van der Waals surface area contributed by atoms with E-state index in [4.69, 9.17) is 0 Å². The predicted molar refractivity (Wildman–Crippen MR) is 70.1 cm³/mol. The van der Waals surface area contributed by atoms with Crippen LogP contribution in [0.3, 0.4) is 0 Å². The van der Waals surface area contributed by atoms with Gasteiger partial charge in [-0.15, -0.1) is 6.58 Å². The van der Waals surface area contributed by atoms with Gasteiger partial charge in [-0.3, -0.25) is 0 Å². The monoisotopic (exact) mass is 226 g/mol. The Bertz CT molecular complexity index is 300. The summed E-state index contributed by atoms with van der Waals surface area (Å²) in [5, 5.41) is 0. The molecule has 72 valence electrons. The Kier molecular flexibility index (Phi) is 3.32. The molecule has 13 heavy (non-hydrogen) atoms. The van der Waals surface area contributed by atoms with Crippen LogP contribution < -0.4 is 9.00 Å². The van der Waals surface area contributed by atoms with Gasteiger partial charge < -0.3 is 0 Å². The fraction of sp³-hybridized carbons (Fsp3) is 0.400. The highest BCUT2D eigenvalue weighted by Crippen LogP contribution is 2.08. The molecule has 0 saturated heterocycles. The van der Waals surface area contributed by atoms with Crippen molar-refractivity contribution in [1.82, 2.24) is 0 Å². The van der Waals surface area contributed by atoms with E-state index in [1.165, 1.54) is 0 Å². The summed E-state index contributed by atoms with van der Waals surface area (Å²) in [5.74, 6) is 0. The summed E-state index contributed by atoms with van der Waals surface area (Å²) in [5.41, 5.74) is 2.17. The summed E-state index contributed by atoms with van der Waals surface area (Å²) in [6.45, 7) is 13.4. The largest absolute Gasteiger partial charge is 0.155 e. The molecule has 0 saturated carbocycles. The van der Waals surface area contributed by atoms with Crippen molar-refractivity contribution in [3.05, 3.63) is 24.4 Å². The standard InChI is InChI=1S/C10H18SSi2/c1-6-13(4,5)10-8-7-9(11-10)12(2)3/h6-8,12H,1H2,2-5H3. The molecule has 0 fully saturated rings. The van der Waals surface area contributed by atoms with Crippen LogP contribution in [0, 0.1) is 0 Å². The average molecular weight is 226 g/mol. The Morgan fingerprint density at radius 3 is 2.38 bits per heavy atom. The third-order valence-electron chi connectivity index (χ3n) is 2.34. The molecule has 0 aromatic carbocycles. The van der Waals surface area contributed by atoms with Crippen molar-refractivity contribution >= 4 is 37.2 Å². The van der Waals surface area contributed by atoms with Gasteiger partial charge in [-0.2, -0.15) is 11.3 Å². The molecule has 0 aliphatic rings. The van der Waals surface area contributed by atoms with E-state index < -0.39 is 16.9 Å². The number of rotatable bonds is 3. The van der Waals surface area contributed by atoms with E-state index in [0.29, 0.717) is 0 Å². The molecule has 0 unspecified atom stereocenters. The minimum atomic E-state index is -1.27. The fourth-order valence-corrected chi connectivity index (χ4v) is 6.16. The molecule has 0 atom stereocenters. The SMILES string of the molecule is C=C[Si](C)(C)c1ccc([SiH](C)C)s1. The molecule has 1 aromatic rings. The minimum Gasteiger partial charge on any atom is -0.155 e. The highest BCUT2D eigenvalue weighted by Gasteiger charge is 2.21. The highest BCUT2D eigenvalue weighted by molar-refractivity contribution is 7.34. The van der Waals surface area contributed by atoms with Gasteiger partial charge in [0.2, 0.25) is 0 Å². The maximum Gasteiger partial charge on any atom is 0.116 e. The maximum atomic E-state index is 3.94. The number of thiophene rings is 1. The van der Waals surface area contributed by atoms with Crippen molar-refractivity contribution in [1.29, 1.82) is 0 Å². The summed E-state index contributed by atoms with van der Waals surface area (Å²) in [4.78, 5) is 0. The second kappa shape index (κ2) is 3.94. The molecule has 0 bridgehead atoms. The quantitative estimate of drug-likeness (QED) is 0.693. The van der Waals surface area contributed by atoms with Crippen molar-refractivity contribution in [2.45, 2.75) is 26.2 Å². The molecule has 1 aromatic heterocycles. The van der Waals surface area contributed by atoms with Gasteiger partial charge in [-0.25, -0.2) is 0 Å². The van der Waals surface area contributed by atoms with E-state index in [0.717, 1.165) is 0 Å². The van der Waals surface area contributed by atoms with Gasteiger partial charge in [0.05, 0.1) is 8.80 Å². The highest BCUT2D eigenvalue weighted by atomic mass is 32.1. The number of hydrogen-bond donors (Lipinski definition) is 0. The smallest absolute Gasteiger partial charge is 0.116 e. The lowest BCUT2D eigenvalue weighted by atomic mass is 10.7. The van der Waals surface area contributed by atoms with Gasteiger partial charge in [-0.1, -0.05) is 44.0 Å². The molecule has 0 aliphatic heterocycles. The fourth-order valence-electron chi connectivity index (χ4n) is 1.11. The topological polar surface area (TPSA) is 0 Å². The van der Waals surface area contributed by atoms with Crippen LogP contribution in [0.2, 0.25) is 26.2 Å². The zero-order valence-electron chi connectivity index (χ0n) is 8.92. The normalized spacial score (nSPS) is 12.1. The van der Waals surface area contributed by atoms with Crippen LogP contribution in [0.1, 0.15) is 0 Å². The van der Waals surface area contributed by atoms with E-state index in [1.807, 2.05) is 11.3 Å². The van der Waals surface area contributed by atoms with Crippen molar-refractivity contribution in [2.24, 2.45) is 0 Å². The Balaban J connectivity index is 2.98. The molecule has 0 radical (unpaired) electrons. The lowest BCUT2D eigenvalue weighted by Gasteiger charge is -2.14. The van der Waals surface area contributed by atoms with Gasteiger partial charge in [0.25, 0.3) is 0 Å². The molecule has 0 N–H and O–H groups in total. The minimum absolute atomic E-state index is 0.584. The Labute approximate surface area is 87.9 Å². The van der Waals surface area contributed by atoms with Crippen LogP contribution >= 0.6 is 11.3 Å². The molecule has 0 nitrogen and oxygen atoms in total. The first-order valence-corrected chi connectivity index (χ1v) is 11.5. The van der Waals surface area contributed by atoms with Crippen molar-refractivity contribution < 1.29 is 0 Å². The average Bonchev–Trinajstić information content (AvgIpc) is 2.52.